The van der Waals surface area contributed by atoms with Gasteiger partial charge in [-0.2, -0.15) is 0 Å². The Morgan fingerprint density at radius 3 is 2.58 bits per heavy atom. The quantitative estimate of drug-likeness (QED) is 0.619. The van der Waals surface area contributed by atoms with E-state index in [1.54, 1.807) is 12.0 Å². The van der Waals surface area contributed by atoms with E-state index in [2.05, 4.69) is 4.99 Å². The lowest BCUT2D eigenvalue weighted by Crippen LogP contribution is -2.31. The monoisotopic (exact) mass is 260 g/mol. The molecule has 1 aromatic carbocycles. The maximum absolute atomic E-state index is 11.6. The molecule has 1 aliphatic rings. The van der Waals surface area contributed by atoms with E-state index in [4.69, 9.17) is 4.74 Å². The Morgan fingerprint density at radius 1 is 1.37 bits per heavy atom. The van der Waals surface area contributed by atoms with E-state index in [9.17, 15) is 4.79 Å². The third-order valence-corrected chi connectivity index (χ3v) is 3.41. The predicted octanol–water partition coefficient (Wildman–Crippen LogP) is 2.60. The van der Waals surface area contributed by atoms with E-state index < -0.39 is 0 Å². The van der Waals surface area contributed by atoms with Crippen LogP contribution in [0.5, 0.6) is 0 Å². The highest BCUT2D eigenvalue weighted by Crippen LogP contribution is 2.23. The largest absolute Gasteiger partial charge is 0.483 e. The fourth-order valence-corrected chi connectivity index (χ4v) is 2.29. The van der Waals surface area contributed by atoms with Gasteiger partial charge in [0.25, 0.3) is 0 Å². The van der Waals surface area contributed by atoms with Gasteiger partial charge in [0.15, 0.2) is 0 Å². The first kappa shape index (κ1) is 13.6. The van der Waals surface area contributed by atoms with Gasteiger partial charge in [0.2, 0.25) is 11.8 Å². The summed E-state index contributed by atoms with van der Waals surface area (Å²) in [5.41, 5.74) is 3.16. The molecule has 0 aliphatic carbocycles. The molecule has 0 saturated carbocycles. The molecule has 1 amide bonds. The average Bonchev–Trinajstić information content (AvgIpc) is 2.78. The van der Waals surface area contributed by atoms with Gasteiger partial charge in [-0.05, 0) is 31.4 Å². The third-order valence-electron chi connectivity index (χ3n) is 3.41. The molecule has 1 fully saturated rings. The minimum Gasteiger partial charge on any atom is -0.483 e. The number of rotatable bonds is 3. The number of carbonyl (C=O) groups excluding carboxylic acids is 1. The molecule has 1 aliphatic heterocycles. The number of carbonyl (C=O) groups is 1. The lowest BCUT2D eigenvalue weighted by molar-refractivity contribution is -0.127. The lowest BCUT2D eigenvalue weighted by atomic mass is 10.1. The molecule has 2 rings (SSSR count). The highest BCUT2D eigenvalue weighted by molar-refractivity contribution is 5.87. The van der Waals surface area contributed by atoms with Gasteiger partial charge in [0, 0.05) is 13.0 Å². The van der Waals surface area contributed by atoms with Crippen LogP contribution >= 0.6 is 0 Å². The molecule has 0 atom stereocenters. The summed E-state index contributed by atoms with van der Waals surface area (Å²) in [6.07, 6.45) is 1.57. The van der Waals surface area contributed by atoms with Crippen molar-refractivity contribution in [1.29, 1.82) is 0 Å². The first-order valence-electron chi connectivity index (χ1n) is 6.57. The Labute approximate surface area is 114 Å². The van der Waals surface area contributed by atoms with E-state index >= 15 is 0 Å². The van der Waals surface area contributed by atoms with Crippen LogP contribution in [0, 0.1) is 13.8 Å². The van der Waals surface area contributed by atoms with Crippen LogP contribution in [-0.4, -0.2) is 36.9 Å². The molecule has 0 spiro atoms. The maximum atomic E-state index is 11.6. The van der Waals surface area contributed by atoms with Crippen LogP contribution in [0.3, 0.4) is 0 Å². The van der Waals surface area contributed by atoms with Crippen molar-refractivity contribution in [1.82, 2.24) is 4.90 Å². The number of aryl methyl sites for hydroxylation is 2. The van der Waals surface area contributed by atoms with E-state index in [-0.39, 0.29) is 5.91 Å². The number of benzene rings is 1. The number of aliphatic imine (C=N–C) groups is 1. The predicted molar refractivity (Wildman–Crippen MR) is 75.8 cm³/mol. The van der Waals surface area contributed by atoms with Crippen molar-refractivity contribution < 1.29 is 9.53 Å². The minimum absolute atomic E-state index is 0.186. The summed E-state index contributed by atoms with van der Waals surface area (Å²) >= 11 is 0. The second kappa shape index (κ2) is 5.87. The Bertz CT molecular complexity index is 489. The second-order valence-electron chi connectivity index (χ2n) is 4.87. The van der Waals surface area contributed by atoms with Crippen LogP contribution in [0.15, 0.2) is 23.2 Å². The summed E-state index contributed by atoms with van der Waals surface area (Å²) in [4.78, 5) is 18.0. The zero-order valence-electron chi connectivity index (χ0n) is 11.8. The van der Waals surface area contributed by atoms with E-state index in [1.807, 2.05) is 32.0 Å². The topological polar surface area (TPSA) is 41.9 Å². The van der Waals surface area contributed by atoms with E-state index in [0.717, 1.165) is 29.8 Å². The molecule has 19 heavy (non-hydrogen) atoms. The number of ether oxygens (including phenoxy) is 1. The molecule has 1 heterocycles. The summed E-state index contributed by atoms with van der Waals surface area (Å²) in [5.74, 6) is 0.777. The molecular weight excluding hydrogens is 240 g/mol. The van der Waals surface area contributed by atoms with Gasteiger partial charge in [-0.15, -0.1) is 0 Å². The third kappa shape index (κ3) is 3.13. The van der Waals surface area contributed by atoms with Crippen LogP contribution < -0.4 is 0 Å². The van der Waals surface area contributed by atoms with Crippen molar-refractivity contribution >= 4 is 17.5 Å². The van der Waals surface area contributed by atoms with Crippen molar-refractivity contribution in [3.63, 3.8) is 0 Å². The molecule has 1 saturated heterocycles. The van der Waals surface area contributed by atoms with Crippen molar-refractivity contribution in [2.45, 2.75) is 26.7 Å². The van der Waals surface area contributed by atoms with Gasteiger partial charge in [0.05, 0.1) is 19.3 Å². The normalized spacial score (nSPS) is 16.1. The lowest BCUT2D eigenvalue weighted by Gasteiger charge is -2.16. The Hall–Kier alpha value is -1.84. The number of para-hydroxylation sites is 1. The maximum Gasteiger partial charge on any atom is 0.223 e. The minimum atomic E-state index is 0.186. The SMILES string of the molecule is CO/C(CN1CCCC1=O)=N\c1c(C)cccc1C. The molecule has 0 radical (unpaired) electrons. The van der Waals surface area contributed by atoms with Crippen LogP contribution in [0.4, 0.5) is 5.69 Å². The van der Waals surface area contributed by atoms with Gasteiger partial charge >= 0.3 is 0 Å². The average molecular weight is 260 g/mol. The molecular formula is C15H20N2O2. The summed E-state index contributed by atoms with van der Waals surface area (Å²) in [6.45, 7) is 5.32. The molecule has 1 aromatic rings. The number of amides is 1. The summed E-state index contributed by atoms with van der Waals surface area (Å²) < 4.78 is 5.33. The van der Waals surface area contributed by atoms with Gasteiger partial charge in [-0.25, -0.2) is 4.99 Å². The van der Waals surface area contributed by atoms with Crippen LogP contribution in [0.2, 0.25) is 0 Å². The highest BCUT2D eigenvalue weighted by atomic mass is 16.5. The van der Waals surface area contributed by atoms with Gasteiger partial charge in [-0.1, -0.05) is 18.2 Å². The molecule has 4 nitrogen and oxygen atoms in total. The highest BCUT2D eigenvalue weighted by Gasteiger charge is 2.22. The zero-order chi connectivity index (χ0) is 13.8. The fourth-order valence-electron chi connectivity index (χ4n) is 2.29. The van der Waals surface area contributed by atoms with E-state index in [0.29, 0.717) is 18.9 Å². The van der Waals surface area contributed by atoms with Crippen LogP contribution in [-0.2, 0) is 9.53 Å². The Balaban J connectivity index is 2.21. The number of methoxy groups -OCH3 is 1. The first-order valence-corrected chi connectivity index (χ1v) is 6.57. The van der Waals surface area contributed by atoms with Crippen molar-refractivity contribution in [2.75, 3.05) is 20.2 Å². The molecule has 102 valence electrons. The molecule has 0 bridgehead atoms. The fraction of sp³-hybridized carbons (Fsp3) is 0.467. The smallest absolute Gasteiger partial charge is 0.223 e. The Morgan fingerprint density at radius 2 is 2.05 bits per heavy atom. The standard InChI is InChI=1S/C15H20N2O2/c1-11-6-4-7-12(2)15(11)16-13(19-3)10-17-9-5-8-14(17)18/h4,6-7H,5,8-10H2,1-3H3/b16-13-. The van der Waals surface area contributed by atoms with Gasteiger partial charge in [-0.3, -0.25) is 4.79 Å². The van der Waals surface area contributed by atoms with Crippen molar-refractivity contribution in [3.8, 4) is 0 Å². The second-order valence-corrected chi connectivity index (χ2v) is 4.87. The number of likely N-dealkylation sites (tertiary alicyclic amines) is 1. The van der Waals surface area contributed by atoms with Crippen LogP contribution in [0.25, 0.3) is 0 Å². The summed E-state index contributed by atoms with van der Waals surface area (Å²) in [5, 5.41) is 0. The van der Waals surface area contributed by atoms with Gasteiger partial charge in [0.1, 0.15) is 0 Å². The molecule has 0 N–H and O–H groups in total. The van der Waals surface area contributed by atoms with E-state index in [1.165, 1.54) is 0 Å². The molecule has 0 unspecified atom stereocenters. The first-order chi connectivity index (χ1) is 9.11. The summed E-state index contributed by atoms with van der Waals surface area (Å²) in [7, 11) is 1.60. The Kier molecular flexibility index (Phi) is 4.20. The number of nitrogens with zero attached hydrogens (tertiary/aromatic N) is 2. The number of hydrogen-bond donors (Lipinski definition) is 0. The van der Waals surface area contributed by atoms with Gasteiger partial charge < -0.3 is 9.64 Å². The van der Waals surface area contributed by atoms with Crippen molar-refractivity contribution in [3.05, 3.63) is 29.3 Å². The molecule has 4 heteroatoms. The van der Waals surface area contributed by atoms with Crippen LogP contribution in [0.1, 0.15) is 24.0 Å². The van der Waals surface area contributed by atoms with Crippen molar-refractivity contribution in [2.24, 2.45) is 4.99 Å². The summed E-state index contributed by atoms with van der Waals surface area (Å²) in [6, 6.07) is 6.07. The molecule has 0 aromatic heterocycles. The number of hydrogen-bond acceptors (Lipinski definition) is 3. The zero-order valence-corrected chi connectivity index (χ0v) is 11.8.